The van der Waals surface area contributed by atoms with E-state index < -0.39 is 4.92 Å². The van der Waals surface area contributed by atoms with Crippen LogP contribution < -0.4 is 4.90 Å². The van der Waals surface area contributed by atoms with Gasteiger partial charge in [-0.25, -0.2) is 0 Å². The lowest BCUT2D eigenvalue weighted by molar-refractivity contribution is -0.384. The van der Waals surface area contributed by atoms with Crippen LogP contribution >= 0.6 is 12.6 Å². The second kappa shape index (κ2) is 10.7. The van der Waals surface area contributed by atoms with E-state index in [0.717, 1.165) is 44.2 Å². The largest absolute Gasteiger partial charge is 0.369 e. The lowest BCUT2D eigenvalue weighted by Gasteiger charge is -2.41. The van der Waals surface area contributed by atoms with Gasteiger partial charge in [0, 0.05) is 50.5 Å². The molecule has 2 aromatic rings. The van der Waals surface area contributed by atoms with Crippen molar-refractivity contribution >= 4 is 35.4 Å². The number of anilines is 1. The van der Waals surface area contributed by atoms with Gasteiger partial charge in [-0.05, 0) is 60.4 Å². The first-order chi connectivity index (χ1) is 15.0. The highest BCUT2D eigenvalue weighted by atomic mass is 32.1. The molecule has 0 atom stereocenters. The van der Waals surface area contributed by atoms with Crippen molar-refractivity contribution in [2.24, 2.45) is 15.6 Å². The van der Waals surface area contributed by atoms with E-state index in [1.165, 1.54) is 30.7 Å². The minimum atomic E-state index is -0.427. The number of thiol groups is 1. The molecule has 0 N–H and O–H groups in total. The van der Waals surface area contributed by atoms with Crippen molar-refractivity contribution < 1.29 is 4.92 Å². The molecule has 1 fully saturated rings. The van der Waals surface area contributed by atoms with Crippen molar-refractivity contribution in [3.63, 3.8) is 0 Å². The highest BCUT2D eigenvalue weighted by Gasteiger charge is 2.29. The number of benzene rings is 2. The molecule has 8 heteroatoms. The summed E-state index contributed by atoms with van der Waals surface area (Å²) in [6.45, 7) is 9.83. The van der Waals surface area contributed by atoms with Crippen LogP contribution in [0.25, 0.3) is 0 Å². The zero-order valence-corrected chi connectivity index (χ0v) is 19.2. The lowest BCUT2D eigenvalue weighted by atomic mass is 9.83. The Labute approximate surface area is 189 Å². The fraction of sp³-hybridized carbons (Fsp3) is 0.478. The van der Waals surface area contributed by atoms with E-state index in [4.69, 9.17) is 0 Å². The third-order valence-corrected chi connectivity index (χ3v) is 6.99. The molecular weight excluding hydrogens is 410 g/mol. The standard InChI is InChI=1S/C23H31N5O2S/c1-3-23(4-2,18-31)17-26-13-15-27(16-14-26)21-9-5-19(6-10-21)24-25-20-7-11-22(12-8-20)28(29)30/h5-12,31H,3-4,13-18H2,1-2H3. The molecule has 1 saturated heterocycles. The van der Waals surface area contributed by atoms with Gasteiger partial charge in [-0.1, -0.05) is 13.8 Å². The molecule has 0 unspecified atom stereocenters. The first-order valence-corrected chi connectivity index (χ1v) is 11.5. The summed E-state index contributed by atoms with van der Waals surface area (Å²) in [7, 11) is 0. The Hall–Kier alpha value is -2.45. The van der Waals surface area contributed by atoms with Crippen LogP contribution in [0.3, 0.4) is 0 Å². The SMILES string of the molecule is CCC(CC)(CS)CN1CCN(c2ccc(N=Nc3ccc([N+](=O)[O-])cc3)cc2)CC1. The van der Waals surface area contributed by atoms with Gasteiger partial charge in [0.05, 0.1) is 16.3 Å². The van der Waals surface area contributed by atoms with Crippen molar-refractivity contribution in [1.82, 2.24) is 4.90 Å². The molecule has 0 aliphatic carbocycles. The molecule has 2 aromatic carbocycles. The predicted octanol–water partition coefficient (Wildman–Crippen LogP) is 5.87. The van der Waals surface area contributed by atoms with E-state index in [-0.39, 0.29) is 5.69 Å². The highest BCUT2D eigenvalue weighted by Crippen LogP contribution is 2.30. The van der Waals surface area contributed by atoms with Crippen LogP contribution in [0.1, 0.15) is 26.7 Å². The third-order valence-electron chi connectivity index (χ3n) is 6.32. The summed E-state index contributed by atoms with van der Waals surface area (Å²) in [5.74, 6) is 0.941. The van der Waals surface area contributed by atoms with Crippen LogP contribution in [-0.4, -0.2) is 48.3 Å². The minimum Gasteiger partial charge on any atom is -0.369 e. The average molecular weight is 442 g/mol. The number of azo groups is 1. The molecule has 3 rings (SSSR count). The van der Waals surface area contributed by atoms with Gasteiger partial charge in [0.2, 0.25) is 0 Å². The van der Waals surface area contributed by atoms with Crippen molar-refractivity contribution in [3.05, 3.63) is 58.6 Å². The van der Waals surface area contributed by atoms with Crippen LogP contribution in [0, 0.1) is 15.5 Å². The van der Waals surface area contributed by atoms with Crippen molar-refractivity contribution in [2.75, 3.05) is 43.4 Å². The van der Waals surface area contributed by atoms with Crippen LogP contribution in [0.4, 0.5) is 22.7 Å². The van der Waals surface area contributed by atoms with Crippen LogP contribution in [0.2, 0.25) is 0 Å². The Morgan fingerprint density at radius 1 is 0.935 bits per heavy atom. The number of rotatable bonds is 9. The minimum absolute atomic E-state index is 0.0455. The highest BCUT2D eigenvalue weighted by molar-refractivity contribution is 7.80. The van der Waals surface area contributed by atoms with Crippen LogP contribution in [0.5, 0.6) is 0 Å². The van der Waals surface area contributed by atoms with Crippen LogP contribution in [-0.2, 0) is 0 Å². The Morgan fingerprint density at radius 2 is 1.45 bits per heavy atom. The maximum Gasteiger partial charge on any atom is 0.269 e. The third kappa shape index (κ3) is 6.04. The maximum atomic E-state index is 10.7. The molecule has 1 aliphatic rings. The molecular formula is C23H31N5O2S. The van der Waals surface area contributed by atoms with E-state index in [9.17, 15) is 10.1 Å². The maximum absolute atomic E-state index is 10.7. The number of nitro groups is 1. The summed E-state index contributed by atoms with van der Waals surface area (Å²) >= 11 is 4.62. The second-order valence-corrected chi connectivity index (χ2v) is 8.43. The number of piperazine rings is 1. The molecule has 166 valence electrons. The van der Waals surface area contributed by atoms with Gasteiger partial charge in [0.1, 0.15) is 0 Å². The van der Waals surface area contributed by atoms with Gasteiger partial charge < -0.3 is 4.90 Å². The number of non-ortho nitro benzene ring substituents is 1. The van der Waals surface area contributed by atoms with E-state index in [1.807, 2.05) is 12.1 Å². The zero-order valence-electron chi connectivity index (χ0n) is 18.3. The van der Waals surface area contributed by atoms with Gasteiger partial charge in [-0.3, -0.25) is 15.0 Å². The van der Waals surface area contributed by atoms with Crippen molar-refractivity contribution in [2.45, 2.75) is 26.7 Å². The molecule has 0 amide bonds. The molecule has 0 aromatic heterocycles. The summed E-state index contributed by atoms with van der Waals surface area (Å²) in [5, 5.41) is 19.1. The molecule has 1 heterocycles. The van der Waals surface area contributed by atoms with E-state index in [1.54, 1.807) is 12.1 Å². The first-order valence-electron chi connectivity index (χ1n) is 10.8. The van der Waals surface area contributed by atoms with E-state index >= 15 is 0 Å². The smallest absolute Gasteiger partial charge is 0.269 e. The fourth-order valence-electron chi connectivity index (χ4n) is 3.87. The summed E-state index contributed by atoms with van der Waals surface area (Å²) in [5.41, 5.74) is 2.90. The summed E-state index contributed by atoms with van der Waals surface area (Å²) in [6.07, 6.45) is 2.34. The second-order valence-electron chi connectivity index (χ2n) is 8.12. The molecule has 0 bridgehead atoms. The number of nitrogens with zero attached hydrogens (tertiary/aromatic N) is 5. The van der Waals surface area contributed by atoms with Crippen molar-refractivity contribution in [1.29, 1.82) is 0 Å². The van der Waals surface area contributed by atoms with E-state index in [2.05, 4.69) is 58.6 Å². The Kier molecular flexibility index (Phi) is 8.03. The summed E-state index contributed by atoms with van der Waals surface area (Å²) in [6, 6.07) is 14.1. The Bertz CT molecular complexity index is 866. The lowest BCUT2D eigenvalue weighted by Crippen LogP contribution is -2.50. The molecule has 7 nitrogen and oxygen atoms in total. The van der Waals surface area contributed by atoms with Crippen LogP contribution in [0.15, 0.2) is 58.8 Å². The van der Waals surface area contributed by atoms with Gasteiger partial charge >= 0.3 is 0 Å². The predicted molar refractivity (Wildman–Crippen MR) is 129 cm³/mol. The summed E-state index contributed by atoms with van der Waals surface area (Å²) < 4.78 is 0. The van der Waals surface area contributed by atoms with Gasteiger partial charge in [0.15, 0.2) is 0 Å². The topological polar surface area (TPSA) is 74.3 Å². The Balaban J connectivity index is 1.54. The first kappa shape index (κ1) is 23.2. The van der Waals surface area contributed by atoms with Gasteiger partial charge in [-0.15, -0.1) is 0 Å². The van der Waals surface area contributed by atoms with E-state index in [0.29, 0.717) is 11.1 Å². The van der Waals surface area contributed by atoms with Crippen molar-refractivity contribution in [3.8, 4) is 0 Å². The molecule has 0 radical (unpaired) electrons. The molecule has 0 spiro atoms. The molecule has 31 heavy (non-hydrogen) atoms. The molecule has 0 saturated carbocycles. The number of hydrogen-bond acceptors (Lipinski definition) is 7. The Morgan fingerprint density at radius 3 is 1.90 bits per heavy atom. The number of nitro benzene ring substituents is 1. The number of hydrogen-bond donors (Lipinski definition) is 1. The monoisotopic (exact) mass is 441 g/mol. The van der Waals surface area contributed by atoms with Gasteiger partial charge in [0.25, 0.3) is 5.69 Å². The quantitative estimate of drug-likeness (QED) is 0.229. The van der Waals surface area contributed by atoms with Gasteiger partial charge in [-0.2, -0.15) is 22.9 Å². The fourth-order valence-corrected chi connectivity index (χ4v) is 4.42. The zero-order chi connectivity index (χ0) is 22.3. The average Bonchev–Trinajstić information content (AvgIpc) is 2.82. The molecule has 1 aliphatic heterocycles. The normalized spacial score (nSPS) is 15.5. The summed E-state index contributed by atoms with van der Waals surface area (Å²) in [4.78, 5) is 15.3.